The minimum atomic E-state index is -4.12. The molecule has 0 aliphatic rings. The lowest BCUT2D eigenvalue weighted by molar-refractivity contribution is -0.142. The fourth-order valence-corrected chi connectivity index (χ4v) is 4.75. The van der Waals surface area contributed by atoms with Crippen LogP contribution in [-0.4, -0.2) is 53.9 Å². The second kappa shape index (κ2) is 12.7. The summed E-state index contributed by atoms with van der Waals surface area (Å²) in [6, 6.07) is 18.1. The van der Waals surface area contributed by atoms with Gasteiger partial charge in [-0.3, -0.25) is 9.10 Å². The Morgan fingerprint density at radius 1 is 0.947 bits per heavy atom. The predicted octanol–water partition coefficient (Wildman–Crippen LogP) is 3.21. The highest BCUT2D eigenvalue weighted by Gasteiger charge is 2.29. The Bertz CT molecular complexity index is 1400. The predicted molar refractivity (Wildman–Crippen MR) is 143 cm³/mol. The van der Waals surface area contributed by atoms with Gasteiger partial charge in [-0.1, -0.05) is 23.8 Å². The summed E-state index contributed by atoms with van der Waals surface area (Å²) in [5.74, 6) is -0.392. The normalized spacial score (nSPS) is 11.2. The van der Waals surface area contributed by atoms with Gasteiger partial charge in [0.05, 0.1) is 31.0 Å². The highest BCUT2D eigenvalue weighted by Crippen LogP contribution is 2.33. The standard InChI is InChI=1S/C27H29N3O7S/c1-19-5-12-23(13-6-19)38(33,34)30(24-15-20(2)7-14-25(24)35-3)17-26(31)29-28-16-21-8-10-22(11-9-21)37-18-27(32)36-4/h5-16H,17-18H2,1-4H3,(H,29,31)/b28-16-. The maximum atomic E-state index is 13.6. The number of aryl methyl sites for hydroxylation is 2. The first-order valence-electron chi connectivity index (χ1n) is 11.5. The number of hydrazone groups is 1. The van der Waals surface area contributed by atoms with Gasteiger partial charge in [0.15, 0.2) is 6.61 Å². The van der Waals surface area contributed by atoms with Crippen molar-refractivity contribution in [2.24, 2.45) is 5.10 Å². The number of amides is 1. The number of hydrogen-bond donors (Lipinski definition) is 1. The maximum absolute atomic E-state index is 13.6. The third kappa shape index (κ3) is 7.32. The Labute approximate surface area is 221 Å². The first kappa shape index (κ1) is 28.2. The molecular weight excluding hydrogens is 510 g/mol. The van der Waals surface area contributed by atoms with Crippen molar-refractivity contribution in [2.45, 2.75) is 18.7 Å². The number of sulfonamides is 1. The van der Waals surface area contributed by atoms with Crippen LogP contribution in [0.4, 0.5) is 5.69 Å². The number of hydrogen-bond acceptors (Lipinski definition) is 8. The van der Waals surface area contributed by atoms with E-state index < -0.39 is 28.4 Å². The van der Waals surface area contributed by atoms with Crippen molar-refractivity contribution in [3.05, 3.63) is 83.4 Å². The number of anilines is 1. The molecule has 0 saturated heterocycles. The van der Waals surface area contributed by atoms with E-state index in [1.165, 1.54) is 32.6 Å². The van der Waals surface area contributed by atoms with Gasteiger partial charge in [0.1, 0.15) is 18.0 Å². The first-order chi connectivity index (χ1) is 18.1. The molecule has 11 heteroatoms. The van der Waals surface area contributed by atoms with Gasteiger partial charge in [-0.05, 0) is 73.5 Å². The number of ether oxygens (including phenoxy) is 3. The summed E-state index contributed by atoms with van der Waals surface area (Å²) in [6.07, 6.45) is 1.40. The number of carbonyl (C=O) groups is 2. The van der Waals surface area contributed by atoms with Crippen molar-refractivity contribution >= 4 is 33.8 Å². The minimum absolute atomic E-state index is 0.0393. The minimum Gasteiger partial charge on any atom is -0.495 e. The number of esters is 1. The van der Waals surface area contributed by atoms with Crippen LogP contribution in [0.15, 0.2) is 76.7 Å². The molecule has 0 spiro atoms. The van der Waals surface area contributed by atoms with Crippen molar-refractivity contribution in [3.8, 4) is 11.5 Å². The third-order valence-corrected chi connectivity index (χ3v) is 7.14. The van der Waals surface area contributed by atoms with Gasteiger partial charge in [0.25, 0.3) is 15.9 Å². The molecular formula is C27H29N3O7S. The van der Waals surface area contributed by atoms with Crippen molar-refractivity contribution in [2.75, 3.05) is 31.7 Å². The Balaban J connectivity index is 1.78. The molecule has 3 rings (SSSR count). The van der Waals surface area contributed by atoms with Gasteiger partial charge in [0, 0.05) is 0 Å². The van der Waals surface area contributed by atoms with Gasteiger partial charge < -0.3 is 14.2 Å². The fraction of sp³-hybridized carbons (Fsp3) is 0.222. The second-order valence-corrected chi connectivity index (χ2v) is 10.1. The quantitative estimate of drug-likeness (QED) is 0.225. The molecule has 10 nitrogen and oxygen atoms in total. The molecule has 3 aromatic rings. The number of carbonyl (C=O) groups excluding carboxylic acids is 2. The summed E-state index contributed by atoms with van der Waals surface area (Å²) in [5, 5.41) is 3.94. The molecule has 3 aromatic carbocycles. The molecule has 0 unspecified atom stereocenters. The van der Waals surface area contributed by atoms with Gasteiger partial charge in [0.2, 0.25) is 0 Å². The highest BCUT2D eigenvalue weighted by atomic mass is 32.2. The van der Waals surface area contributed by atoms with Crippen LogP contribution in [-0.2, 0) is 24.3 Å². The van der Waals surface area contributed by atoms with Crippen LogP contribution in [0.5, 0.6) is 11.5 Å². The summed E-state index contributed by atoms with van der Waals surface area (Å²) < 4.78 is 43.4. The SMILES string of the molecule is COC(=O)COc1ccc(/C=N\NC(=O)CN(c2cc(C)ccc2OC)S(=O)(=O)c2ccc(C)cc2)cc1. The van der Waals surface area contributed by atoms with Gasteiger partial charge in [-0.15, -0.1) is 0 Å². The van der Waals surface area contributed by atoms with E-state index in [0.717, 1.165) is 15.4 Å². The number of nitrogens with one attached hydrogen (secondary N) is 1. The van der Waals surface area contributed by atoms with E-state index in [1.54, 1.807) is 54.6 Å². The highest BCUT2D eigenvalue weighted by molar-refractivity contribution is 7.92. The van der Waals surface area contributed by atoms with Crippen LogP contribution in [0.2, 0.25) is 0 Å². The molecule has 0 aromatic heterocycles. The smallest absolute Gasteiger partial charge is 0.343 e. The molecule has 0 bridgehead atoms. The molecule has 0 atom stereocenters. The summed E-state index contributed by atoms with van der Waals surface area (Å²) in [5.41, 5.74) is 4.94. The molecule has 0 saturated carbocycles. The lowest BCUT2D eigenvalue weighted by atomic mass is 10.2. The zero-order valence-electron chi connectivity index (χ0n) is 21.5. The zero-order valence-corrected chi connectivity index (χ0v) is 22.3. The number of benzene rings is 3. The fourth-order valence-electron chi connectivity index (χ4n) is 3.33. The Hall–Kier alpha value is -4.38. The van der Waals surface area contributed by atoms with Gasteiger partial charge in [-0.2, -0.15) is 5.10 Å². The lowest BCUT2D eigenvalue weighted by Crippen LogP contribution is -2.39. The van der Waals surface area contributed by atoms with Crippen molar-refractivity contribution < 1.29 is 32.2 Å². The molecule has 38 heavy (non-hydrogen) atoms. The van der Waals surface area contributed by atoms with Crippen LogP contribution in [0.3, 0.4) is 0 Å². The molecule has 200 valence electrons. The van der Waals surface area contributed by atoms with E-state index in [9.17, 15) is 18.0 Å². The number of methoxy groups -OCH3 is 2. The number of rotatable bonds is 11. The van der Waals surface area contributed by atoms with Crippen LogP contribution < -0.4 is 19.2 Å². The topological polar surface area (TPSA) is 124 Å². The van der Waals surface area contributed by atoms with Crippen molar-refractivity contribution in [3.63, 3.8) is 0 Å². The van der Waals surface area contributed by atoms with Crippen LogP contribution in [0, 0.1) is 13.8 Å². The van der Waals surface area contributed by atoms with E-state index in [4.69, 9.17) is 9.47 Å². The molecule has 0 fully saturated rings. The Morgan fingerprint density at radius 2 is 1.61 bits per heavy atom. The number of nitrogens with zero attached hydrogens (tertiary/aromatic N) is 2. The largest absolute Gasteiger partial charge is 0.495 e. The monoisotopic (exact) mass is 539 g/mol. The molecule has 0 aliphatic heterocycles. The van der Waals surface area contributed by atoms with E-state index in [1.807, 2.05) is 13.8 Å². The Morgan fingerprint density at radius 3 is 2.24 bits per heavy atom. The van der Waals surface area contributed by atoms with E-state index in [0.29, 0.717) is 17.1 Å². The summed E-state index contributed by atoms with van der Waals surface area (Å²) in [4.78, 5) is 24.0. The lowest BCUT2D eigenvalue weighted by Gasteiger charge is -2.25. The first-order valence-corrected chi connectivity index (χ1v) is 12.9. The average Bonchev–Trinajstić information content (AvgIpc) is 2.91. The van der Waals surface area contributed by atoms with Crippen molar-refractivity contribution in [1.82, 2.24) is 5.43 Å². The van der Waals surface area contributed by atoms with Crippen LogP contribution in [0.1, 0.15) is 16.7 Å². The van der Waals surface area contributed by atoms with Gasteiger partial charge in [-0.25, -0.2) is 18.6 Å². The van der Waals surface area contributed by atoms with Crippen molar-refractivity contribution in [1.29, 1.82) is 0 Å². The summed E-state index contributed by atoms with van der Waals surface area (Å²) in [7, 11) is -1.41. The molecule has 1 N–H and O–H groups in total. The van der Waals surface area contributed by atoms with Gasteiger partial charge >= 0.3 is 5.97 Å². The van der Waals surface area contributed by atoms with E-state index in [2.05, 4.69) is 15.3 Å². The van der Waals surface area contributed by atoms with E-state index >= 15 is 0 Å². The second-order valence-electron chi connectivity index (χ2n) is 8.23. The van der Waals surface area contributed by atoms with Crippen LogP contribution in [0.25, 0.3) is 0 Å². The zero-order chi connectivity index (χ0) is 27.7. The maximum Gasteiger partial charge on any atom is 0.343 e. The Kier molecular flexibility index (Phi) is 9.44. The molecule has 1 amide bonds. The summed E-state index contributed by atoms with van der Waals surface area (Å²) >= 11 is 0. The summed E-state index contributed by atoms with van der Waals surface area (Å²) in [6.45, 7) is 2.92. The average molecular weight is 540 g/mol. The van der Waals surface area contributed by atoms with Crippen LogP contribution >= 0.6 is 0 Å². The third-order valence-electron chi connectivity index (χ3n) is 5.37. The molecule has 0 heterocycles. The molecule has 0 aliphatic carbocycles. The van der Waals surface area contributed by atoms with E-state index in [-0.39, 0.29) is 17.2 Å². The molecule has 0 radical (unpaired) electrons.